The number of anilines is 1. The van der Waals surface area contributed by atoms with Crippen molar-refractivity contribution in [1.82, 2.24) is 0 Å². The van der Waals surface area contributed by atoms with E-state index in [1.54, 1.807) is 19.1 Å². The summed E-state index contributed by atoms with van der Waals surface area (Å²) in [4.78, 5) is 0. The molecule has 0 fully saturated rings. The minimum absolute atomic E-state index is 0.163. The molecule has 0 amide bonds. The van der Waals surface area contributed by atoms with E-state index in [2.05, 4.69) is 5.32 Å². The van der Waals surface area contributed by atoms with E-state index in [4.69, 9.17) is 5.73 Å². The number of hydrogen-bond donors (Lipinski definition) is 2. The molecule has 3 N–H and O–H groups in total. The van der Waals surface area contributed by atoms with Gasteiger partial charge in [-0.15, -0.1) is 0 Å². The minimum atomic E-state index is -0.163. The number of aryl methyl sites for hydroxylation is 1. The van der Waals surface area contributed by atoms with Crippen LogP contribution in [0.4, 0.5) is 10.1 Å². The highest BCUT2D eigenvalue weighted by Gasteiger charge is 1.97. The second kappa shape index (κ2) is 4.82. The van der Waals surface area contributed by atoms with Crippen LogP contribution in [0.1, 0.15) is 12.0 Å². The summed E-state index contributed by atoms with van der Waals surface area (Å²) in [6, 6.07) is 5.00. The van der Waals surface area contributed by atoms with Gasteiger partial charge >= 0.3 is 0 Å². The molecule has 3 heteroatoms. The topological polar surface area (TPSA) is 38.0 Å². The molecule has 2 nitrogen and oxygen atoms in total. The SMILES string of the molecule is Cc1cc(NCCCN)ccc1F. The van der Waals surface area contributed by atoms with Crippen molar-refractivity contribution in [3.63, 3.8) is 0 Å². The molecule has 0 unspecified atom stereocenters. The molecule has 13 heavy (non-hydrogen) atoms. The van der Waals surface area contributed by atoms with E-state index in [0.29, 0.717) is 12.1 Å². The predicted molar refractivity (Wildman–Crippen MR) is 53.3 cm³/mol. The Morgan fingerprint density at radius 2 is 2.23 bits per heavy atom. The van der Waals surface area contributed by atoms with E-state index >= 15 is 0 Å². The van der Waals surface area contributed by atoms with Crippen molar-refractivity contribution < 1.29 is 4.39 Å². The Morgan fingerprint density at radius 1 is 1.46 bits per heavy atom. The fourth-order valence-electron chi connectivity index (χ4n) is 1.09. The first-order valence-corrected chi connectivity index (χ1v) is 4.44. The Kier molecular flexibility index (Phi) is 3.71. The fraction of sp³-hybridized carbons (Fsp3) is 0.400. The Morgan fingerprint density at radius 3 is 2.85 bits per heavy atom. The molecule has 1 aromatic carbocycles. The Bertz CT molecular complexity index is 274. The first-order chi connectivity index (χ1) is 6.24. The monoisotopic (exact) mass is 182 g/mol. The average molecular weight is 182 g/mol. The first kappa shape index (κ1) is 9.99. The van der Waals surface area contributed by atoms with E-state index in [1.807, 2.05) is 0 Å². The van der Waals surface area contributed by atoms with Crippen LogP contribution >= 0.6 is 0 Å². The molecule has 0 saturated heterocycles. The molecule has 0 aliphatic carbocycles. The van der Waals surface area contributed by atoms with Crippen LogP contribution in [0.5, 0.6) is 0 Å². The van der Waals surface area contributed by atoms with Crippen LogP contribution in [0, 0.1) is 12.7 Å². The molecule has 0 aromatic heterocycles. The minimum Gasteiger partial charge on any atom is -0.385 e. The third-order valence-electron chi connectivity index (χ3n) is 1.87. The Labute approximate surface area is 77.9 Å². The van der Waals surface area contributed by atoms with Crippen molar-refractivity contribution in [3.8, 4) is 0 Å². The second-order valence-electron chi connectivity index (χ2n) is 3.03. The molecule has 0 saturated carbocycles. The standard InChI is InChI=1S/C10H15FN2/c1-8-7-9(3-4-10(8)11)13-6-2-5-12/h3-4,7,13H,2,5-6,12H2,1H3. The lowest BCUT2D eigenvalue weighted by atomic mass is 10.2. The van der Waals surface area contributed by atoms with E-state index < -0.39 is 0 Å². The summed E-state index contributed by atoms with van der Waals surface area (Å²) in [5, 5.41) is 3.17. The highest BCUT2D eigenvalue weighted by atomic mass is 19.1. The molecule has 0 spiro atoms. The lowest BCUT2D eigenvalue weighted by Crippen LogP contribution is -2.08. The molecule has 72 valence electrons. The normalized spacial score (nSPS) is 10.1. The number of hydrogen-bond acceptors (Lipinski definition) is 2. The Hall–Kier alpha value is -1.09. The summed E-state index contributed by atoms with van der Waals surface area (Å²) < 4.78 is 12.8. The maximum absolute atomic E-state index is 12.8. The highest BCUT2D eigenvalue weighted by molar-refractivity contribution is 5.45. The molecular weight excluding hydrogens is 167 g/mol. The number of nitrogens with two attached hydrogens (primary N) is 1. The highest BCUT2D eigenvalue weighted by Crippen LogP contribution is 2.13. The predicted octanol–water partition coefficient (Wildman–Crippen LogP) is 1.89. The third kappa shape index (κ3) is 3.03. The van der Waals surface area contributed by atoms with Crippen LogP contribution in [0.2, 0.25) is 0 Å². The van der Waals surface area contributed by atoms with Gasteiger partial charge in [-0.1, -0.05) is 0 Å². The van der Waals surface area contributed by atoms with Crippen molar-refractivity contribution in [2.45, 2.75) is 13.3 Å². The van der Waals surface area contributed by atoms with Gasteiger partial charge in [0.1, 0.15) is 5.82 Å². The van der Waals surface area contributed by atoms with Crippen LogP contribution in [0.25, 0.3) is 0 Å². The number of benzene rings is 1. The summed E-state index contributed by atoms with van der Waals surface area (Å²) in [6.07, 6.45) is 0.927. The summed E-state index contributed by atoms with van der Waals surface area (Å²) in [5.41, 5.74) is 6.96. The van der Waals surface area contributed by atoms with Gasteiger partial charge in [-0.25, -0.2) is 4.39 Å². The second-order valence-corrected chi connectivity index (χ2v) is 3.03. The zero-order valence-electron chi connectivity index (χ0n) is 7.81. The van der Waals surface area contributed by atoms with Crippen molar-refractivity contribution in [2.24, 2.45) is 5.73 Å². The largest absolute Gasteiger partial charge is 0.385 e. The lowest BCUT2D eigenvalue weighted by molar-refractivity contribution is 0.618. The summed E-state index contributed by atoms with van der Waals surface area (Å²) in [6.45, 7) is 3.26. The number of halogens is 1. The Balaban J connectivity index is 2.53. The molecule has 0 radical (unpaired) electrons. The van der Waals surface area contributed by atoms with Crippen LogP contribution in [0.3, 0.4) is 0 Å². The fourth-order valence-corrected chi connectivity index (χ4v) is 1.09. The van der Waals surface area contributed by atoms with Gasteiger partial charge in [-0.3, -0.25) is 0 Å². The molecule has 0 heterocycles. The smallest absolute Gasteiger partial charge is 0.126 e. The molecule has 1 rings (SSSR count). The zero-order valence-corrected chi connectivity index (χ0v) is 7.81. The quantitative estimate of drug-likeness (QED) is 0.698. The molecular formula is C10H15FN2. The van der Waals surface area contributed by atoms with E-state index in [9.17, 15) is 4.39 Å². The van der Waals surface area contributed by atoms with Crippen LogP contribution in [0.15, 0.2) is 18.2 Å². The van der Waals surface area contributed by atoms with Crippen molar-refractivity contribution in [2.75, 3.05) is 18.4 Å². The summed E-state index contributed by atoms with van der Waals surface area (Å²) in [7, 11) is 0. The van der Waals surface area contributed by atoms with Gasteiger partial charge in [0.2, 0.25) is 0 Å². The van der Waals surface area contributed by atoms with Crippen LogP contribution in [-0.4, -0.2) is 13.1 Å². The summed E-state index contributed by atoms with van der Waals surface area (Å²) in [5.74, 6) is -0.163. The van der Waals surface area contributed by atoms with Crippen LogP contribution < -0.4 is 11.1 Å². The van der Waals surface area contributed by atoms with E-state index in [1.165, 1.54) is 6.07 Å². The van der Waals surface area contributed by atoms with Crippen molar-refractivity contribution in [3.05, 3.63) is 29.6 Å². The zero-order chi connectivity index (χ0) is 9.68. The first-order valence-electron chi connectivity index (χ1n) is 4.44. The van der Waals surface area contributed by atoms with Gasteiger partial charge in [0.15, 0.2) is 0 Å². The van der Waals surface area contributed by atoms with Crippen molar-refractivity contribution in [1.29, 1.82) is 0 Å². The van der Waals surface area contributed by atoms with E-state index in [-0.39, 0.29) is 5.82 Å². The molecule has 0 bridgehead atoms. The average Bonchev–Trinajstić information content (AvgIpc) is 2.12. The number of nitrogens with one attached hydrogen (secondary N) is 1. The van der Waals surface area contributed by atoms with Gasteiger partial charge in [0.05, 0.1) is 0 Å². The van der Waals surface area contributed by atoms with Crippen molar-refractivity contribution >= 4 is 5.69 Å². The lowest BCUT2D eigenvalue weighted by Gasteiger charge is -2.06. The molecule has 0 atom stereocenters. The number of rotatable bonds is 4. The van der Waals surface area contributed by atoms with Gasteiger partial charge in [-0.2, -0.15) is 0 Å². The maximum atomic E-state index is 12.8. The van der Waals surface area contributed by atoms with E-state index in [0.717, 1.165) is 18.7 Å². The van der Waals surface area contributed by atoms with Gasteiger partial charge < -0.3 is 11.1 Å². The molecule has 1 aromatic rings. The molecule has 0 aliphatic heterocycles. The third-order valence-corrected chi connectivity index (χ3v) is 1.87. The van der Waals surface area contributed by atoms with Gasteiger partial charge in [0, 0.05) is 12.2 Å². The molecule has 0 aliphatic rings. The van der Waals surface area contributed by atoms with Gasteiger partial charge in [0.25, 0.3) is 0 Å². The maximum Gasteiger partial charge on any atom is 0.126 e. The van der Waals surface area contributed by atoms with Crippen LogP contribution in [-0.2, 0) is 0 Å². The summed E-state index contributed by atoms with van der Waals surface area (Å²) >= 11 is 0. The van der Waals surface area contributed by atoms with Gasteiger partial charge in [-0.05, 0) is 43.7 Å².